The van der Waals surface area contributed by atoms with Crippen LogP contribution in [-0.4, -0.2) is 30.5 Å². The summed E-state index contributed by atoms with van der Waals surface area (Å²) in [5, 5.41) is 11.2. The second kappa shape index (κ2) is 7.45. The molecule has 8 nitrogen and oxygen atoms in total. The lowest BCUT2D eigenvalue weighted by Crippen LogP contribution is -2.34. The molecular formula is C15H14FN3O5S. The number of aromatic nitrogens is 1. The van der Waals surface area contributed by atoms with Gasteiger partial charge in [0.2, 0.25) is 11.6 Å². The molecule has 0 saturated carbocycles. The summed E-state index contributed by atoms with van der Waals surface area (Å²) in [6.07, 6.45) is 0. The molecular weight excluding hydrogens is 353 g/mol. The van der Waals surface area contributed by atoms with Crippen molar-refractivity contribution in [2.75, 3.05) is 4.31 Å². The number of carbonyl (C=O) groups is 1. The van der Waals surface area contributed by atoms with Crippen LogP contribution in [0.15, 0.2) is 36.4 Å². The normalized spacial score (nSPS) is 12.0. The van der Waals surface area contributed by atoms with Crippen LogP contribution in [0.2, 0.25) is 0 Å². The van der Waals surface area contributed by atoms with E-state index in [1.54, 1.807) is 13.8 Å². The zero-order valence-electron chi connectivity index (χ0n) is 13.2. The lowest BCUT2D eigenvalue weighted by Gasteiger charge is -2.22. The summed E-state index contributed by atoms with van der Waals surface area (Å²) in [5.41, 5.74) is -0.720. The maximum absolute atomic E-state index is 13.3. The van der Waals surface area contributed by atoms with E-state index in [-0.39, 0.29) is 11.3 Å². The van der Waals surface area contributed by atoms with E-state index in [1.807, 2.05) is 0 Å². The van der Waals surface area contributed by atoms with Crippen molar-refractivity contribution in [3.05, 3.63) is 63.6 Å². The number of benzene rings is 1. The molecule has 0 spiro atoms. The smallest absolute Gasteiger partial charge is 0.289 e. The molecule has 0 aliphatic heterocycles. The van der Waals surface area contributed by atoms with Crippen LogP contribution in [0, 0.1) is 15.9 Å². The Morgan fingerprint density at radius 3 is 2.56 bits per heavy atom. The van der Waals surface area contributed by atoms with Crippen LogP contribution < -0.4 is 4.31 Å². The molecule has 132 valence electrons. The minimum atomic E-state index is -2.59. The van der Waals surface area contributed by atoms with E-state index in [0.29, 0.717) is 0 Å². The molecule has 2 rings (SSSR count). The highest BCUT2D eigenvalue weighted by Gasteiger charge is 2.28. The van der Waals surface area contributed by atoms with Crippen LogP contribution in [0.3, 0.4) is 0 Å². The Hall–Kier alpha value is -2.72. The van der Waals surface area contributed by atoms with E-state index in [1.165, 1.54) is 18.2 Å². The van der Waals surface area contributed by atoms with Crippen LogP contribution in [-0.2, 0) is 11.3 Å². The number of carbonyl (C=O) groups excluding carboxylic acids is 1. The maximum Gasteiger partial charge on any atom is 0.312 e. The van der Waals surface area contributed by atoms with Gasteiger partial charge in [0.25, 0.3) is 11.3 Å². The fourth-order valence-corrected chi connectivity index (χ4v) is 2.79. The van der Waals surface area contributed by atoms with Crippen LogP contribution in [0.5, 0.6) is 0 Å². The van der Waals surface area contributed by atoms with Gasteiger partial charge in [-0.25, -0.2) is 17.9 Å². The minimum Gasteiger partial charge on any atom is -0.289 e. The highest BCUT2D eigenvalue weighted by atomic mass is 32.2. The summed E-state index contributed by atoms with van der Waals surface area (Å²) in [4.78, 5) is 26.8. The van der Waals surface area contributed by atoms with E-state index in [4.69, 9.17) is 0 Å². The van der Waals surface area contributed by atoms with Crippen molar-refractivity contribution in [2.45, 2.75) is 19.9 Å². The molecule has 0 radical (unpaired) electrons. The quantitative estimate of drug-likeness (QED) is 0.363. The molecule has 1 N–H and O–H groups in total. The molecule has 0 aliphatic carbocycles. The molecule has 0 amide bonds. The van der Waals surface area contributed by atoms with Gasteiger partial charge in [-0.05, 0) is 32.0 Å². The number of anilines is 1. The number of hydrogen-bond donors (Lipinski definition) is 1. The summed E-state index contributed by atoms with van der Waals surface area (Å²) in [6, 6.07) is 6.44. The fraction of sp³-hybridized carbons (Fsp3) is 0.200. The van der Waals surface area contributed by atoms with Crippen molar-refractivity contribution in [2.24, 2.45) is 0 Å². The number of pyridine rings is 1. The van der Waals surface area contributed by atoms with Gasteiger partial charge in [0.15, 0.2) is 0 Å². The molecule has 1 aromatic heterocycles. The van der Waals surface area contributed by atoms with Crippen molar-refractivity contribution >= 4 is 28.6 Å². The highest BCUT2D eigenvalue weighted by molar-refractivity contribution is 7.80. The molecule has 1 heterocycles. The maximum atomic E-state index is 13.3. The van der Waals surface area contributed by atoms with E-state index in [0.717, 1.165) is 22.5 Å². The average molecular weight is 367 g/mol. The average Bonchev–Trinajstić information content (AvgIpc) is 2.53. The monoisotopic (exact) mass is 367 g/mol. The molecule has 1 unspecified atom stereocenters. The number of halogens is 1. The molecule has 1 aromatic carbocycles. The zero-order valence-corrected chi connectivity index (χ0v) is 14.1. The lowest BCUT2D eigenvalue weighted by molar-refractivity contribution is -0.384. The van der Waals surface area contributed by atoms with Crippen molar-refractivity contribution in [1.29, 1.82) is 0 Å². The van der Waals surface area contributed by atoms with Gasteiger partial charge in [0.05, 0.1) is 4.92 Å². The number of ketones is 1. The molecule has 0 saturated heterocycles. The van der Waals surface area contributed by atoms with Gasteiger partial charge < -0.3 is 0 Å². The number of rotatable bonds is 6. The zero-order chi connectivity index (χ0) is 18.7. The first-order valence-electron chi connectivity index (χ1n) is 7.08. The van der Waals surface area contributed by atoms with Crippen molar-refractivity contribution in [1.82, 2.24) is 4.98 Å². The Balaban J connectivity index is 2.59. The fourth-order valence-electron chi connectivity index (χ4n) is 2.15. The summed E-state index contributed by atoms with van der Waals surface area (Å²) < 4.78 is 35.1. The first-order chi connectivity index (χ1) is 11.7. The van der Waals surface area contributed by atoms with Gasteiger partial charge in [0.1, 0.15) is 11.5 Å². The number of nitro groups is 1. The van der Waals surface area contributed by atoms with Crippen LogP contribution in [0.4, 0.5) is 15.9 Å². The lowest BCUT2D eigenvalue weighted by atomic mass is 10.1. The number of nitrogens with zero attached hydrogens (tertiary/aromatic N) is 3. The van der Waals surface area contributed by atoms with Gasteiger partial charge in [-0.1, -0.05) is 12.1 Å². The van der Waals surface area contributed by atoms with Gasteiger partial charge in [-0.2, -0.15) is 0 Å². The summed E-state index contributed by atoms with van der Waals surface area (Å²) in [5.74, 6) is -1.69. The molecule has 1 atom stereocenters. The van der Waals surface area contributed by atoms with Gasteiger partial charge in [0, 0.05) is 17.7 Å². The third-order valence-corrected chi connectivity index (χ3v) is 4.15. The SMILES string of the molecule is CC(C)N(c1nc(C(=O)c2cccc(F)c2)ccc1[N+](=O)[O-])S(=O)O. The molecule has 0 fully saturated rings. The van der Waals surface area contributed by atoms with Crippen molar-refractivity contribution < 1.29 is 22.9 Å². The topological polar surface area (TPSA) is 114 Å². The largest absolute Gasteiger partial charge is 0.312 e. The molecule has 0 aliphatic rings. The van der Waals surface area contributed by atoms with E-state index in [2.05, 4.69) is 4.98 Å². The molecule has 2 aromatic rings. The van der Waals surface area contributed by atoms with Crippen molar-refractivity contribution in [3.8, 4) is 0 Å². The van der Waals surface area contributed by atoms with Gasteiger partial charge >= 0.3 is 5.69 Å². The van der Waals surface area contributed by atoms with Gasteiger partial charge in [-0.3, -0.25) is 19.5 Å². The predicted octanol–water partition coefficient (Wildman–Crippen LogP) is 2.71. The summed E-state index contributed by atoms with van der Waals surface area (Å²) in [7, 11) is 0. The van der Waals surface area contributed by atoms with Gasteiger partial charge in [-0.15, -0.1) is 0 Å². The summed E-state index contributed by atoms with van der Waals surface area (Å²) >= 11 is -2.59. The first-order valence-corrected chi connectivity index (χ1v) is 8.14. The predicted molar refractivity (Wildman–Crippen MR) is 89.1 cm³/mol. The summed E-state index contributed by atoms with van der Waals surface area (Å²) in [6.45, 7) is 3.08. The van der Waals surface area contributed by atoms with Crippen LogP contribution in [0.25, 0.3) is 0 Å². The van der Waals surface area contributed by atoms with Crippen molar-refractivity contribution in [3.63, 3.8) is 0 Å². The third kappa shape index (κ3) is 4.03. The van der Waals surface area contributed by atoms with E-state index in [9.17, 15) is 28.1 Å². The first kappa shape index (κ1) is 18.6. The number of hydrogen-bond acceptors (Lipinski definition) is 5. The molecule has 25 heavy (non-hydrogen) atoms. The van der Waals surface area contributed by atoms with Crippen LogP contribution >= 0.6 is 0 Å². The Labute approximate surface area is 144 Å². The third-order valence-electron chi connectivity index (χ3n) is 3.22. The second-order valence-corrected chi connectivity index (χ2v) is 6.14. The Kier molecular flexibility index (Phi) is 5.55. The van der Waals surface area contributed by atoms with Crippen LogP contribution in [0.1, 0.15) is 29.9 Å². The standard InChI is InChI=1S/C15H14FN3O5S/c1-9(2)18(25(23)24)15-13(19(21)22)7-6-12(17-15)14(20)10-4-3-5-11(16)8-10/h3-9H,1-2H3,(H,23,24). The molecule has 10 heteroatoms. The second-order valence-electron chi connectivity index (χ2n) is 5.29. The highest BCUT2D eigenvalue weighted by Crippen LogP contribution is 2.29. The Bertz CT molecular complexity index is 859. The molecule has 0 bridgehead atoms. The Morgan fingerprint density at radius 2 is 2.04 bits per heavy atom. The van der Waals surface area contributed by atoms with E-state index < -0.39 is 45.3 Å². The Morgan fingerprint density at radius 1 is 1.36 bits per heavy atom. The minimum absolute atomic E-state index is 0.00789. The van der Waals surface area contributed by atoms with E-state index >= 15 is 0 Å².